The molecule has 0 radical (unpaired) electrons. The highest BCUT2D eigenvalue weighted by molar-refractivity contribution is 7.71. The van der Waals surface area contributed by atoms with Gasteiger partial charge in [-0.3, -0.25) is 10.00 Å². The summed E-state index contributed by atoms with van der Waals surface area (Å²) in [6.07, 6.45) is 1.70. The van der Waals surface area contributed by atoms with Crippen molar-refractivity contribution in [2.24, 2.45) is 0 Å². The molecular weight excluding hydrogens is 280 g/mol. The van der Waals surface area contributed by atoms with Crippen molar-refractivity contribution in [3.8, 4) is 10.7 Å². The number of aromatic nitrogens is 3. The minimum Gasteiger partial charge on any atom is -0.392 e. The van der Waals surface area contributed by atoms with Gasteiger partial charge in [0.05, 0.1) is 17.6 Å². The van der Waals surface area contributed by atoms with Crippen molar-refractivity contribution in [2.75, 3.05) is 13.1 Å². The third kappa shape index (κ3) is 2.94. The fourth-order valence-corrected chi connectivity index (χ4v) is 3.19. The van der Waals surface area contributed by atoms with Crippen LogP contribution in [0.1, 0.15) is 12.8 Å². The number of aliphatic hydroxyl groups excluding tert-OH is 1. The summed E-state index contributed by atoms with van der Waals surface area (Å²) in [5.74, 6) is 0.817. The largest absolute Gasteiger partial charge is 0.392 e. The van der Waals surface area contributed by atoms with Gasteiger partial charge in [0.15, 0.2) is 5.82 Å². The van der Waals surface area contributed by atoms with Crippen LogP contribution in [0.2, 0.25) is 0 Å². The van der Waals surface area contributed by atoms with Gasteiger partial charge in [-0.25, -0.2) is 4.68 Å². The van der Waals surface area contributed by atoms with Gasteiger partial charge in [-0.1, -0.05) is 6.07 Å². The molecule has 0 unspecified atom stereocenters. The number of nitrogens with zero attached hydrogens (tertiary/aromatic N) is 3. The highest BCUT2D eigenvalue weighted by Crippen LogP contribution is 2.21. The van der Waals surface area contributed by atoms with E-state index in [2.05, 4.69) is 15.0 Å². The molecule has 1 atom stereocenters. The standard InChI is InChI=1S/C12H16N4OS2/c17-9-3-1-5-15(7-9)8-16-12(18)13-11(14-16)10-4-2-6-19-10/h2,4,6,9,17H,1,3,5,7-8H2,(H,13,14,18)/t9-/m0/s1. The molecule has 7 heteroatoms. The maximum atomic E-state index is 9.68. The minimum absolute atomic E-state index is 0.220. The van der Waals surface area contributed by atoms with Crippen LogP contribution in [0.5, 0.6) is 0 Å². The minimum atomic E-state index is -0.220. The SMILES string of the molecule is O[C@H]1CCCN(Cn2[nH]c(-c3cccs3)nc2=S)C1. The lowest BCUT2D eigenvalue weighted by molar-refractivity contribution is 0.0514. The summed E-state index contributed by atoms with van der Waals surface area (Å²) < 4.78 is 2.42. The van der Waals surface area contributed by atoms with Crippen LogP contribution in [0.15, 0.2) is 17.5 Å². The fourth-order valence-electron chi connectivity index (χ4n) is 2.34. The van der Waals surface area contributed by atoms with Gasteiger partial charge in [0, 0.05) is 13.1 Å². The molecule has 19 heavy (non-hydrogen) atoms. The average Bonchev–Trinajstić information content (AvgIpc) is 3.00. The van der Waals surface area contributed by atoms with Crippen molar-refractivity contribution in [1.82, 2.24) is 19.7 Å². The Morgan fingerprint density at radius 3 is 3.21 bits per heavy atom. The predicted molar refractivity (Wildman–Crippen MR) is 77.5 cm³/mol. The fraction of sp³-hybridized carbons (Fsp3) is 0.500. The van der Waals surface area contributed by atoms with Crippen molar-refractivity contribution >= 4 is 23.6 Å². The summed E-state index contributed by atoms with van der Waals surface area (Å²) >= 11 is 6.92. The molecule has 2 N–H and O–H groups in total. The van der Waals surface area contributed by atoms with Gasteiger partial charge in [0.2, 0.25) is 4.77 Å². The first-order chi connectivity index (χ1) is 9.22. The van der Waals surface area contributed by atoms with E-state index in [4.69, 9.17) is 12.2 Å². The number of piperidine rings is 1. The average molecular weight is 296 g/mol. The molecule has 1 fully saturated rings. The van der Waals surface area contributed by atoms with E-state index in [9.17, 15) is 5.11 Å². The monoisotopic (exact) mass is 296 g/mol. The van der Waals surface area contributed by atoms with E-state index in [-0.39, 0.29) is 6.10 Å². The first kappa shape index (κ1) is 13.0. The highest BCUT2D eigenvalue weighted by atomic mass is 32.1. The van der Waals surface area contributed by atoms with Gasteiger partial charge in [-0.15, -0.1) is 11.3 Å². The molecular formula is C12H16N4OS2. The summed E-state index contributed by atoms with van der Waals surface area (Å²) in [5.41, 5.74) is 0. The van der Waals surface area contributed by atoms with E-state index < -0.39 is 0 Å². The van der Waals surface area contributed by atoms with Gasteiger partial charge in [-0.05, 0) is 36.5 Å². The van der Waals surface area contributed by atoms with Crippen molar-refractivity contribution in [2.45, 2.75) is 25.6 Å². The van der Waals surface area contributed by atoms with Crippen LogP contribution in [-0.2, 0) is 6.67 Å². The molecule has 0 spiro atoms. The van der Waals surface area contributed by atoms with E-state index >= 15 is 0 Å². The van der Waals surface area contributed by atoms with Crippen LogP contribution in [0.3, 0.4) is 0 Å². The molecule has 5 nitrogen and oxygen atoms in total. The zero-order valence-corrected chi connectivity index (χ0v) is 12.1. The third-order valence-electron chi connectivity index (χ3n) is 3.26. The number of aliphatic hydroxyl groups is 1. The summed E-state index contributed by atoms with van der Waals surface area (Å²) in [6.45, 7) is 2.36. The van der Waals surface area contributed by atoms with E-state index in [0.29, 0.717) is 18.0 Å². The predicted octanol–water partition coefficient (Wildman–Crippen LogP) is 2.08. The number of H-pyrrole nitrogens is 1. The first-order valence-electron chi connectivity index (χ1n) is 6.33. The summed E-state index contributed by atoms with van der Waals surface area (Å²) in [7, 11) is 0. The van der Waals surface area contributed by atoms with Crippen LogP contribution < -0.4 is 0 Å². The van der Waals surface area contributed by atoms with Crippen molar-refractivity contribution in [1.29, 1.82) is 0 Å². The molecule has 0 bridgehead atoms. The van der Waals surface area contributed by atoms with Crippen molar-refractivity contribution < 1.29 is 5.11 Å². The summed E-state index contributed by atoms with van der Waals surface area (Å²) in [5, 5.41) is 14.9. The van der Waals surface area contributed by atoms with E-state index in [1.165, 1.54) is 0 Å². The second kappa shape index (κ2) is 5.54. The lowest BCUT2D eigenvalue weighted by atomic mass is 10.1. The second-order valence-electron chi connectivity index (χ2n) is 4.77. The number of hydrogen-bond acceptors (Lipinski definition) is 5. The Balaban J connectivity index is 1.76. The van der Waals surface area contributed by atoms with E-state index in [0.717, 1.165) is 30.1 Å². The third-order valence-corrected chi connectivity index (χ3v) is 4.44. The Kier molecular flexibility index (Phi) is 3.79. The Morgan fingerprint density at radius 2 is 2.47 bits per heavy atom. The molecule has 2 aromatic heterocycles. The maximum Gasteiger partial charge on any atom is 0.217 e. The highest BCUT2D eigenvalue weighted by Gasteiger charge is 2.18. The number of hydrogen-bond donors (Lipinski definition) is 2. The lowest BCUT2D eigenvalue weighted by Crippen LogP contribution is -2.39. The van der Waals surface area contributed by atoms with Crippen molar-refractivity contribution in [3.63, 3.8) is 0 Å². The van der Waals surface area contributed by atoms with Crippen LogP contribution in [0.4, 0.5) is 0 Å². The van der Waals surface area contributed by atoms with Gasteiger partial charge in [-0.2, -0.15) is 4.98 Å². The molecule has 3 heterocycles. The smallest absolute Gasteiger partial charge is 0.217 e. The van der Waals surface area contributed by atoms with E-state index in [1.54, 1.807) is 11.3 Å². The Bertz CT molecular complexity index is 589. The molecule has 2 aromatic rings. The number of nitrogens with one attached hydrogen (secondary N) is 1. The lowest BCUT2D eigenvalue weighted by Gasteiger charge is -2.29. The van der Waals surface area contributed by atoms with Gasteiger partial charge >= 0.3 is 0 Å². The number of aromatic amines is 1. The zero-order chi connectivity index (χ0) is 13.2. The number of thiophene rings is 1. The van der Waals surface area contributed by atoms with Gasteiger partial charge in [0.1, 0.15) is 0 Å². The van der Waals surface area contributed by atoms with Crippen LogP contribution >= 0.6 is 23.6 Å². The summed E-state index contributed by atoms with van der Waals surface area (Å²) in [6, 6.07) is 4.02. The Morgan fingerprint density at radius 1 is 1.58 bits per heavy atom. The molecule has 102 valence electrons. The second-order valence-corrected chi connectivity index (χ2v) is 6.09. The first-order valence-corrected chi connectivity index (χ1v) is 7.62. The number of β-amino-alcohol motifs (C(OH)–C–C–N with tert-alkyl or cyclic N) is 1. The molecule has 1 aliphatic heterocycles. The molecule has 0 aliphatic carbocycles. The van der Waals surface area contributed by atoms with Gasteiger partial charge in [0.25, 0.3) is 0 Å². The molecule has 1 saturated heterocycles. The number of likely N-dealkylation sites (tertiary alicyclic amines) is 1. The van der Waals surface area contributed by atoms with Crippen LogP contribution in [0.25, 0.3) is 10.7 Å². The maximum absolute atomic E-state index is 9.68. The number of rotatable bonds is 3. The summed E-state index contributed by atoms with van der Waals surface area (Å²) in [4.78, 5) is 7.66. The van der Waals surface area contributed by atoms with Crippen LogP contribution in [-0.4, -0.2) is 44.0 Å². The Labute approximate surface area is 120 Å². The van der Waals surface area contributed by atoms with Crippen LogP contribution in [0, 0.1) is 4.77 Å². The normalized spacial score (nSPS) is 20.8. The quantitative estimate of drug-likeness (QED) is 0.852. The molecule has 1 aliphatic rings. The molecule has 3 rings (SSSR count). The van der Waals surface area contributed by atoms with E-state index in [1.807, 2.05) is 22.2 Å². The van der Waals surface area contributed by atoms with Gasteiger partial charge < -0.3 is 5.11 Å². The molecule has 0 amide bonds. The van der Waals surface area contributed by atoms with Crippen molar-refractivity contribution in [3.05, 3.63) is 22.3 Å². The zero-order valence-electron chi connectivity index (χ0n) is 10.5. The molecule has 0 aromatic carbocycles. The molecule has 0 saturated carbocycles. The Hall–Kier alpha value is -1.02. The topological polar surface area (TPSA) is 57.1 Å².